The van der Waals surface area contributed by atoms with Crippen LogP contribution in [-0.2, 0) is 47.7 Å². The summed E-state index contributed by atoms with van der Waals surface area (Å²) in [7, 11) is 1.09. The minimum absolute atomic E-state index is 0.397. The summed E-state index contributed by atoms with van der Waals surface area (Å²) in [5, 5.41) is 6.26. The van der Waals surface area contributed by atoms with Gasteiger partial charge in [0.1, 0.15) is 6.61 Å². The van der Waals surface area contributed by atoms with E-state index in [1.54, 1.807) is 13.8 Å². The Balaban J connectivity index is 3.64. The van der Waals surface area contributed by atoms with Gasteiger partial charge in [-0.1, -0.05) is 19.0 Å². The molecular weight excluding hydrogens is 456 g/mol. The highest BCUT2D eigenvalue weighted by atomic mass is 16.6. The Bertz CT molecular complexity index is 881. The Morgan fingerprint density at radius 2 is 1.74 bits per heavy atom. The first-order chi connectivity index (χ1) is 15.9. The van der Waals surface area contributed by atoms with Gasteiger partial charge >= 0.3 is 23.9 Å². The average molecular weight is 484 g/mol. The molecule has 0 spiro atoms. The molecule has 0 fully saturated rings. The zero-order valence-electron chi connectivity index (χ0n) is 19.7. The van der Waals surface area contributed by atoms with Crippen LogP contribution in [0, 0.1) is 5.92 Å². The van der Waals surface area contributed by atoms with E-state index in [0.717, 1.165) is 34.0 Å². The summed E-state index contributed by atoms with van der Waals surface area (Å²) < 4.78 is 25.9. The first-order valence-electron chi connectivity index (χ1n) is 10.2. The van der Waals surface area contributed by atoms with E-state index in [1.165, 1.54) is 0 Å². The fraction of sp³-hybridized carbons (Fsp3) is 0.650. The van der Waals surface area contributed by atoms with Crippen LogP contribution in [-0.4, -0.2) is 73.9 Å². The zero-order chi connectivity index (χ0) is 26.0. The molecule has 14 nitrogen and oxygen atoms in total. The summed E-state index contributed by atoms with van der Waals surface area (Å²) in [5.74, 6) is -4.67. The molecule has 1 N–H and O–H groups in total. The Morgan fingerprint density at radius 3 is 2.21 bits per heavy atom. The second-order valence-electron chi connectivity index (χ2n) is 7.51. The first-order valence-corrected chi connectivity index (χ1v) is 10.2. The van der Waals surface area contributed by atoms with Crippen LogP contribution >= 0.6 is 0 Å². The topological polar surface area (TPSA) is 192 Å². The molecule has 0 radical (unpaired) electrons. The van der Waals surface area contributed by atoms with Crippen LogP contribution in [0.2, 0.25) is 0 Å². The van der Waals surface area contributed by atoms with Gasteiger partial charge in [-0.05, 0) is 11.6 Å². The first kappa shape index (κ1) is 28.2. The summed E-state index contributed by atoms with van der Waals surface area (Å²) in [5.41, 5.74) is 9.05. The van der Waals surface area contributed by atoms with Crippen molar-refractivity contribution in [3.05, 3.63) is 22.3 Å². The molecule has 0 saturated carbocycles. The number of rotatable bonds is 10. The van der Waals surface area contributed by atoms with Gasteiger partial charge in [0.25, 0.3) is 0 Å². The molecule has 1 aliphatic rings. The van der Waals surface area contributed by atoms with E-state index in [4.69, 9.17) is 24.5 Å². The third-order valence-electron chi connectivity index (χ3n) is 4.47. The van der Waals surface area contributed by atoms with Gasteiger partial charge in [-0.3, -0.25) is 19.2 Å². The van der Waals surface area contributed by atoms with Crippen LogP contribution in [0.3, 0.4) is 0 Å². The molecule has 0 aromatic rings. The monoisotopic (exact) mass is 484 g/mol. The molecule has 1 heterocycles. The predicted molar refractivity (Wildman–Crippen MR) is 112 cm³/mol. The molecule has 1 rings (SSSR count). The van der Waals surface area contributed by atoms with Crippen LogP contribution in [0.4, 0.5) is 0 Å². The summed E-state index contributed by atoms with van der Waals surface area (Å²) in [6.07, 6.45) is -3.20. The van der Waals surface area contributed by atoms with E-state index in [1.807, 2.05) is 0 Å². The number of carbonyl (C=O) groups is 5. The number of ether oxygens (including phenoxy) is 5. The number of nitrogens with one attached hydrogen (secondary N) is 1. The highest BCUT2D eigenvalue weighted by Crippen LogP contribution is 2.28. The van der Waals surface area contributed by atoms with Crippen molar-refractivity contribution in [3.8, 4) is 0 Å². The Kier molecular flexibility index (Phi) is 10.8. The van der Waals surface area contributed by atoms with E-state index >= 15 is 0 Å². The lowest BCUT2D eigenvalue weighted by Gasteiger charge is -2.41. The maximum absolute atomic E-state index is 12.5. The fourth-order valence-electron chi connectivity index (χ4n) is 3.02. The molecule has 34 heavy (non-hydrogen) atoms. The van der Waals surface area contributed by atoms with Gasteiger partial charge < -0.3 is 29.0 Å². The van der Waals surface area contributed by atoms with E-state index in [2.05, 4.69) is 20.1 Å². The molecule has 0 aromatic heterocycles. The quantitative estimate of drug-likeness (QED) is 0.152. The van der Waals surface area contributed by atoms with Gasteiger partial charge in [0, 0.05) is 31.6 Å². The SMILES string of the molecule is COC(=O)C1=C[C@H](N=[N+]=[N-])[C@@H](NC(=O)C(C)C)[C@H]([C@H](OC(C)=O)[C@@H](COC(C)=O)OC(C)=O)O1. The van der Waals surface area contributed by atoms with Crippen molar-refractivity contribution in [2.45, 2.75) is 65.0 Å². The smallest absolute Gasteiger partial charge is 0.372 e. The molecule has 188 valence electrons. The van der Waals surface area contributed by atoms with Crippen LogP contribution < -0.4 is 5.32 Å². The highest BCUT2D eigenvalue weighted by Gasteiger charge is 2.48. The van der Waals surface area contributed by atoms with Crippen LogP contribution in [0.25, 0.3) is 10.4 Å². The highest BCUT2D eigenvalue weighted by molar-refractivity contribution is 5.86. The number of esters is 4. The summed E-state index contributed by atoms with van der Waals surface area (Å²) in [4.78, 5) is 62.5. The van der Waals surface area contributed by atoms with E-state index in [9.17, 15) is 24.0 Å². The largest absolute Gasteiger partial charge is 0.477 e. The molecule has 0 saturated heterocycles. The molecule has 5 atom stereocenters. The van der Waals surface area contributed by atoms with Crippen molar-refractivity contribution in [2.24, 2.45) is 11.0 Å². The van der Waals surface area contributed by atoms with Crippen molar-refractivity contribution in [1.82, 2.24) is 5.32 Å². The molecule has 1 aliphatic heterocycles. The molecule has 0 aromatic carbocycles. The molecule has 0 unspecified atom stereocenters. The summed E-state index contributed by atoms with van der Waals surface area (Å²) in [6.45, 7) is 5.94. The lowest BCUT2D eigenvalue weighted by molar-refractivity contribution is -0.188. The van der Waals surface area contributed by atoms with Gasteiger partial charge in [0.2, 0.25) is 11.7 Å². The number of hydrogen-bond donors (Lipinski definition) is 1. The van der Waals surface area contributed by atoms with Crippen LogP contribution in [0.5, 0.6) is 0 Å². The van der Waals surface area contributed by atoms with Crippen molar-refractivity contribution in [2.75, 3.05) is 13.7 Å². The third-order valence-corrected chi connectivity index (χ3v) is 4.47. The number of hydrogen-bond acceptors (Lipinski definition) is 11. The number of nitrogens with zero attached hydrogens (tertiary/aromatic N) is 3. The lowest BCUT2D eigenvalue weighted by atomic mass is 9.91. The fourth-order valence-corrected chi connectivity index (χ4v) is 3.02. The van der Waals surface area contributed by atoms with E-state index in [0.29, 0.717) is 0 Å². The van der Waals surface area contributed by atoms with Crippen LogP contribution in [0.15, 0.2) is 16.9 Å². The maximum Gasteiger partial charge on any atom is 0.372 e. The van der Waals surface area contributed by atoms with Crippen molar-refractivity contribution >= 4 is 29.8 Å². The number of azide groups is 1. The van der Waals surface area contributed by atoms with E-state index in [-0.39, 0.29) is 0 Å². The third kappa shape index (κ3) is 8.28. The standard InChI is InChI=1S/C20H28N4O10/c1-9(2)19(28)22-16-13(23-24-21)7-14(20(29)30-6)34-18(16)17(33-12(5)27)15(32-11(4)26)8-31-10(3)25/h7,9,13,15-18H,8H2,1-6H3,(H,22,28)/t13-,15+,16+,17+,18+/m0/s1. The predicted octanol–water partition coefficient (Wildman–Crippen LogP) is 0.688. The Labute approximate surface area is 195 Å². The number of methoxy groups -OCH3 is 1. The van der Waals surface area contributed by atoms with Gasteiger partial charge in [0.15, 0.2) is 18.3 Å². The summed E-state index contributed by atoms with van der Waals surface area (Å²) in [6, 6.07) is -2.37. The minimum atomic E-state index is -1.51. The zero-order valence-corrected chi connectivity index (χ0v) is 19.7. The van der Waals surface area contributed by atoms with Crippen molar-refractivity contribution in [3.63, 3.8) is 0 Å². The molecule has 1 amide bonds. The summed E-state index contributed by atoms with van der Waals surface area (Å²) >= 11 is 0. The Hall–Kier alpha value is -3.80. The maximum atomic E-state index is 12.5. The van der Waals surface area contributed by atoms with Gasteiger partial charge in [0.05, 0.1) is 19.2 Å². The molecule has 14 heteroatoms. The number of carbonyl (C=O) groups excluding carboxylic acids is 5. The van der Waals surface area contributed by atoms with Gasteiger partial charge in [-0.25, -0.2) is 4.79 Å². The number of amides is 1. The van der Waals surface area contributed by atoms with Crippen molar-refractivity contribution < 1.29 is 47.7 Å². The van der Waals surface area contributed by atoms with Gasteiger partial charge in [-0.15, -0.1) is 0 Å². The van der Waals surface area contributed by atoms with Gasteiger partial charge in [-0.2, -0.15) is 0 Å². The molecule has 0 aliphatic carbocycles. The van der Waals surface area contributed by atoms with E-state index < -0.39 is 78.5 Å². The average Bonchev–Trinajstić information content (AvgIpc) is 2.75. The van der Waals surface area contributed by atoms with Crippen LogP contribution in [0.1, 0.15) is 34.6 Å². The second kappa shape index (κ2) is 13.0. The lowest BCUT2D eigenvalue weighted by Crippen LogP contribution is -2.61. The second-order valence-corrected chi connectivity index (χ2v) is 7.51. The molecule has 0 bridgehead atoms. The molecular formula is C20H28N4O10. The Morgan fingerprint density at radius 1 is 1.12 bits per heavy atom. The van der Waals surface area contributed by atoms with Crippen molar-refractivity contribution in [1.29, 1.82) is 0 Å². The minimum Gasteiger partial charge on any atom is -0.477 e. The normalized spacial score (nSPS) is 20.9.